The number of carbonyl (C=O) groups is 1. The number of fused-ring (bicyclic) bond motifs is 1. The molecule has 6 rings (SSSR count). The van der Waals surface area contributed by atoms with Crippen molar-refractivity contribution in [1.29, 1.82) is 0 Å². The van der Waals surface area contributed by atoms with E-state index in [1.54, 1.807) is 6.20 Å². The van der Waals surface area contributed by atoms with Crippen LogP contribution in [0.25, 0.3) is 11.0 Å². The number of aromatic nitrogens is 2. The van der Waals surface area contributed by atoms with Gasteiger partial charge in [0.2, 0.25) is 0 Å². The van der Waals surface area contributed by atoms with E-state index in [1.165, 1.54) is 12.6 Å². The summed E-state index contributed by atoms with van der Waals surface area (Å²) in [5.41, 5.74) is 6.36. The van der Waals surface area contributed by atoms with Gasteiger partial charge in [0.1, 0.15) is 5.65 Å². The van der Waals surface area contributed by atoms with Crippen molar-refractivity contribution in [1.82, 2.24) is 9.97 Å². The molecule has 1 amide bonds. The second kappa shape index (κ2) is 5.11. The Kier molecular flexibility index (Phi) is 3.16. The largest absolute Gasteiger partial charge is 0.388 e. The highest BCUT2D eigenvalue weighted by Crippen LogP contribution is 2.56. The third kappa shape index (κ3) is 2.20. The molecule has 4 aliphatic rings. The molecular weight excluding hydrogens is 340 g/mol. The number of anilines is 1. The summed E-state index contributed by atoms with van der Waals surface area (Å²) in [5, 5.41) is 16.0. The minimum Gasteiger partial charge on any atom is -0.388 e. The summed E-state index contributed by atoms with van der Waals surface area (Å²) >= 11 is 6.33. The quantitative estimate of drug-likeness (QED) is 0.675. The lowest BCUT2D eigenvalue weighted by Crippen LogP contribution is -2.63. The summed E-state index contributed by atoms with van der Waals surface area (Å²) in [6, 6.07) is -0.0880. The fraction of sp³-hybridized carbons (Fsp3) is 0.556. The zero-order valence-electron chi connectivity index (χ0n) is 13.8. The molecule has 132 valence electrons. The van der Waals surface area contributed by atoms with E-state index in [9.17, 15) is 9.90 Å². The molecule has 5 atom stereocenters. The summed E-state index contributed by atoms with van der Waals surface area (Å²) in [6.07, 6.45) is 8.31. The minimum absolute atomic E-state index is 0.0880. The summed E-state index contributed by atoms with van der Waals surface area (Å²) in [4.78, 5) is 19.2. The molecule has 2 heterocycles. The summed E-state index contributed by atoms with van der Waals surface area (Å²) in [5.74, 6) is 1.12. The number of nitrogens with two attached hydrogens (primary N) is 1. The van der Waals surface area contributed by atoms with Crippen LogP contribution in [0.2, 0.25) is 5.02 Å². The molecule has 4 saturated carbocycles. The third-order valence-electron chi connectivity index (χ3n) is 6.49. The molecule has 0 radical (unpaired) electrons. The fourth-order valence-electron chi connectivity index (χ4n) is 5.80. The van der Waals surface area contributed by atoms with Gasteiger partial charge in [-0.25, -0.2) is 4.98 Å². The topological polar surface area (TPSA) is 104 Å². The molecule has 4 aliphatic carbocycles. The van der Waals surface area contributed by atoms with Gasteiger partial charge in [0.15, 0.2) is 0 Å². The number of nitrogens with one attached hydrogen (secondary N) is 2. The van der Waals surface area contributed by atoms with Crippen LogP contribution in [-0.4, -0.2) is 32.6 Å². The number of nitrogens with zero attached hydrogens (tertiary/aromatic N) is 1. The van der Waals surface area contributed by atoms with Gasteiger partial charge in [-0.2, -0.15) is 0 Å². The number of H-pyrrole nitrogens is 1. The van der Waals surface area contributed by atoms with Crippen LogP contribution in [0.15, 0.2) is 12.4 Å². The summed E-state index contributed by atoms with van der Waals surface area (Å²) in [7, 11) is 0. The van der Waals surface area contributed by atoms with E-state index < -0.39 is 11.5 Å². The van der Waals surface area contributed by atoms with Crippen LogP contribution in [0.1, 0.15) is 42.5 Å². The van der Waals surface area contributed by atoms with Gasteiger partial charge < -0.3 is 21.1 Å². The van der Waals surface area contributed by atoms with E-state index >= 15 is 0 Å². The van der Waals surface area contributed by atoms with Crippen LogP contribution in [0.4, 0.5) is 5.69 Å². The van der Waals surface area contributed by atoms with Gasteiger partial charge in [0.25, 0.3) is 5.91 Å². The normalized spacial score (nSPS) is 36.1. The van der Waals surface area contributed by atoms with Crippen molar-refractivity contribution in [2.24, 2.45) is 23.5 Å². The standard InChI is InChI=1S/C18H21ClN4O2/c19-12-7-22-17-13(12)14(11(6-21-17)16(20)24)23-15-10-2-8-1-9(3-10)5-18(15,25)4-8/h6-10,15,25H,1-5H2,(H2,20,24)(H2,21,22,23)/t8-,9?,10?,15+,18?/m0/s1. The lowest BCUT2D eigenvalue weighted by molar-refractivity contribution is -0.133. The van der Waals surface area contributed by atoms with Gasteiger partial charge >= 0.3 is 0 Å². The molecule has 0 aromatic carbocycles. The molecule has 25 heavy (non-hydrogen) atoms. The highest BCUT2D eigenvalue weighted by molar-refractivity contribution is 6.37. The fourth-order valence-corrected chi connectivity index (χ4v) is 6.04. The van der Waals surface area contributed by atoms with E-state index in [1.807, 2.05) is 0 Å². The van der Waals surface area contributed by atoms with E-state index in [0.717, 1.165) is 25.7 Å². The van der Waals surface area contributed by atoms with Gasteiger partial charge in [-0.05, 0) is 49.9 Å². The number of aliphatic hydroxyl groups is 1. The van der Waals surface area contributed by atoms with Crippen molar-refractivity contribution in [3.8, 4) is 0 Å². The van der Waals surface area contributed by atoms with Crippen LogP contribution in [0, 0.1) is 17.8 Å². The number of carbonyl (C=O) groups excluding carboxylic acids is 1. The van der Waals surface area contributed by atoms with Crippen molar-refractivity contribution in [3.05, 3.63) is 23.0 Å². The van der Waals surface area contributed by atoms with Gasteiger partial charge in [0, 0.05) is 12.4 Å². The Balaban J connectivity index is 1.61. The average Bonchev–Trinajstić information content (AvgIpc) is 2.91. The predicted octanol–water partition coefficient (Wildman–Crippen LogP) is 2.67. The third-order valence-corrected chi connectivity index (χ3v) is 6.79. The first-order valence-electron chi connectivity index (χ1n) is 8.89. The Bertz CT molecular complexity index is 865. The molecule has 4 bridgehead atoms. The number of primary amides is 1. The first kappa shape index (κ1) is 15.5. The molecule has 6 nitrogen and oxygen atoms in total. The number of halogens is 1. The Morgan fingerprint density at radius 1 is 1.36 bits per heavy atom. The SMILES string of the molecule is NC(=O)c1cnc2[nH]cc(Cl)c2c1N[C@@H]1C2CC3C[C@@H](C2)CC1(O)C3. The molecule has 2 aromatic heterocycles. The molecule has 0 aliphatic heterocycles. The van der Waals surface area contributed by atoms with Gasteiger partial charge in [-0.1, -0.05) is 11.6 Å². The van der Waals surface area contributed by atoms with E-state index in [4.69, 9.17) is 17.3 Å². The van der Waals surface area contributed by atoms with Crippen molar-refractivity contribution < 1.29 is 9.90 Å². The maximum Gasteiger partial charge on any atom is 0.252 e. The zero-order chi connectivity index (χ0) is 17.3. The summed E-state index contributed by atoms with van der Waals surface area (Å²) in [6.45, 7) is 0. The van der Waals surface area contributed by atoms with Crippen LogP contribution >= 0.6 is 11.6 Å². The summed E-state index contributed by atoms with van der Waals surface area (Å²) < 4.78 is 0. The van der Waals surface area contributed by atoms with E-state index in [0.29, 0.717) is 45.1 Å². The smallest absolute Gasteiger partial charge is 0.252 e. The Morgan fingerprint density at radius 2 is 2.08 bits per heavy atom. The predicted molar refractivity (Wildman–Crippen MR) is 95.5 cm³/mol. The molecule has 5 N–H and O–H groups in total. The molecule has 7 heteroatoms. The molecule has 2 aromatic rings. The second-order valence-corrected chi connectivity index (χ2v) is 8.51. The highest BCUT2D eigenvalue weighted by atomic mass is 35.5. The van der Waals surface area contributed by atoms with Crippen LogP contribution < -0.4 is 11.1 Å². The van der Waals surface area contributed by atoms with Crippen molar-refractivity contribution in [2.45, 2.75) is 43.7 Å². The lowest BCUT2D eigenvalue weighted by atomic mass is 9.52. The maximum atomic E-state index is 12.0. The second-order valence-electron chi connectivity index (χ2n) is 8.10. The first-order valence-corrected chi connectivity index (χ1v) is 9.26. The van der Waals surface area contributed by atoms with Gasteiger partial charge in [-0.3, -0.25) is 4.79 Å². The van der Waals surface area contributed by atoms with Crippen molar-refractivity contribution in [2.75, 3.05) is 5.32 Å². The maximum absolute atomic E-state index is 12.0. The minimum atomic E-state index is -0.720. The van der Waals surface area contributed by atoms with Crippen molar-refractivity contribution >= 4 is 34.2 Å². The van der Waals surface area contributed by atoms with Crippen LogP contribution in [0.3, 0.4) is 0 Å². The number of rotatable bonds is 3. The zero-order valence-corrected chi connectivity index (χ0v) is 14.5. The number of hydrogen-bond acceptors (Lipinski definition) is 4. The molecule has 0 spiro atoms. The van der Waals surface area contributed by atoms with Crippen molar-refractivity contribution in [3.63, 3.8) is 0 Å². The Hall–Kier alpha value is -1.79. The Morgan fingerprint density at radius 3 is 2.72 bits per heavy atom. The monoisotopic (exact) mass is 360 g/mol. The number of pyridine rings is 1. The average molecular weight is 361 g/mol. The van der Waals surface area contributed by atoms with Gasteiger partial charge in [0.05, 0.1) is 33.3 Å². The molecule has 3 unspecified atom stereocenters. The highest BCUT2D eigenvalue weighted by Gasteiger charge is 2.56. The van der Waals surface area contributed by atoms with Gasteiger partial charge in [-0.15, -0.1) is 0 Å². The lowest BCUT2D eigenvalue weighted by Gasteiger charge is -2.59. The molecule has 0 saturated heterocycles. The molecular formula is C18H21ClN4O2. The van der Waals surface area contributed by atoms with Crippen LogP contribution in [0.5, 0.6) is 0 Å². The number of aromatic amines is 1. The van der Waals surface area contributed by atoms with E-state index in [-0.39, 0.29) is 6.04 Å². The first-order chi connectivity index (χ1) is 11.9. The Labute approximate surface area is 150 Å². The van der Waals surface area contributed by atoms with Crippen LogP contribution in [-0.2, 0) is 0 Å². The van der Waals surface area contributed by atoms with E-state index in [2.05, 4.69) is 15.3 Å². The number of hydrogen-bond donors (Lipinski definition) is 4. The molecule has 4 fully saturated rings. The number of amides is 1.